The van der Waals surface area contributed by atoms with Gasteiger partial charge in [0, 0.05) is 16.5 Å². The van der Waals surface area contributed by atoms with E-state index in [2.05, 4.69) is 28.1 Å². The number of hydrogen-bond donors (Lipinski definition) is 1. The number of furan rings is 1. The summed E-state index contributed by atoms with van der Waals surface area (Å²) in [5.41, 5.74) is 2.66. The van der Waals surface area contributed by atoms with E-state index in [1.165, 1.54) is 11.1 Å². The second-order valence-electron chi connectivity index (χ2n) is 4.63. The predicted molar refractivity (Wildman–Crippen MR) is 68.8 cm³/mol. The molecule has 1 aliphatic carbocycles. The Bertz CT molecular complexity index is 533. The molecule has 0 saturated heterocycles. The van der Waals surface area contributed by atoms with E-state index in [0.29, 0.717) is 6.42 Å². The molecule has 0 saturated carbocycles. The van der Waals surface area contributed by atoms with Gasteiger partial charge in [0.15, 0.2) is 0 Å². The summed E-state index contributed by atoms with van der Waals surface area (Å²) >= 11 is 3.48. The van der Waals surface area contributed by atoms with E-state index < -0.39 is 5.60 Å². The highest BCUT2D eigenvalue weighted by Gasteiger charge is 2.34. The summed E-state index contributed by atoms with van der Waals surface area (Å²) in [5, 5.41) is 10.7. The topological polar surface area (TPSA) is 33.4 Å². The van der Waals surface area contributed by atoms with Crippen molar-refractivity contribution in [3.05, 3.63) is 58.0 Å². The molecule has 0 aliphatic heterocycles. The van der Waals surface area contributed by atoms with Crippen LogP contribution < -0.4 is 0 Å². The van der Waals surface area contributed by atoms with E-state index >= 15 is 0 Å². The average Bonchev–Trinajstić information content (AvgIpc) is 2.84. The van der Waals surface area contributed by atoms with Gasteiger partial charge < -0.3 is 9.52 Å². The van der Waals surface area contributed by atoms with Crippen LogP contribution in [0, 0.1) is 0 Å². The lowest BCUT2D eigenvalue weighted by Gasteiger charge is -2.32. The van der Waals surface area contributed by atoms with Gasteiger partial charge in [0.05, 0.1) is 18.1 Å². The monoisotopic (exact) mass is 292 g/mol. The van der Waals surface area contributed by atoms with Gasteiger partial charge in [-0.25, -0.2) is 0 Å². The summed E-state index contributed by atoms with van der Waals surface area (Å²) in [5.74, 6) is 0. The Labute approximate surface area is 108 Å². The molecule has 1 unspecified atom stereocenters. The molecular formula is C14H13BrO2. The minimum atomic E-state index is -0.770. The number of rotatable bonds is 1. The van der Waals surface area contributed by atoms with Crippen molar-refractivity contribution < 1.29 is 9.52 Å². The van der Waals surface area contributed by atoms with Crippen molar-refractivity contribution in [2.75, 3.05) is 0 Å². The Hall–Kier alpha value is -1.06. The number of benzene rings is 1. The van der Waals surface area contributed by atoms with E-state index in [4.69, 9.17) is 4.42 Å². The molecule has 0 radical (unpaired) electrons. The van der Waals surface area contributed by atoms with Crippen LogP contribution in [0.15, 0.2) is 45.7 Å². The smallest absolute Gasteiger partial charge is 0.0970 e. The minimum Gasteiger partial charge on any atom is -0.472 e. The molecule has 1 heterocycles. The molecule has 0 amide bonds. The number of hydrogen-bond acceptors (Lipinski definition) is 2. The molecule has 1 atom stereocenters. The van der Waals surface area contributed by atoms with Crippen LogP contribution in [0.1, 0.15) is 23.1 Å². The highest BCUT2D eigenvalue weighted by molar-refractivity contribution is 9.10. The first-order valence-electron chi connectivity index (χ1n) is 5.70. The Morgan fingerprint density at radius 2 is 2.12 bits per heavy atom. The van der Waals surface area contributed by atoms with Crippen molar-refractivity contribution >= 4 is 15.9 Å². The molecule has 2 aromatic rings. The van der Waals surface area contributed by atoms with E-state index in [1.807, 2.05) is 12.1 Å². The van der Waals surface area contributed by atoms with Crippen LogP contribution in [0.3, 0.4) is 0 Å². The number of aliphatic hydroxyl groups is 1. The molecule has 2 nitrogen and oxygen atoms in total. The third-order valence-corrected chi connectivity index (χ3v) is 4.01. The molecule has 88 valence electrons. The normalized spacial score (nSPS) is 23.4. The second kappa shape index (κ2) is 4.00. The summed E-state index contributed by atoms with van der Waals surface area (Å²) in [6, 6.07) is 8.11. The minimum absolute atomic E-state index is 0.662. The highest BCUT2D eigenvalue weighted by Crippen LogP contribution is 2.37. The van der Waals surface area contributed by atoms with Gasteiger partial charge in [-0.3, -0.25) is 0 Å². The number of aryl methyl sites for hydroxylation is 1. The van der Waals surface area contributed by atoms with Gasteiger partial charge in [-0.05, 0) is 42.2 Å². The zero-order valence-electron chi connectivity index (χ0n) is 9.32. The SMILES string of the molecule is OC1(c2ccoc2)CCc2cc(Br)ccc2C1. The molecule has 1 aliphatic rings. The lowest BCUT2D eigenvalue weighted by atomic mass is 9.77. The summed E-state index contributed by atoms with van der Waals surface area (Å²) in [6.07, 6.45) is 5.57. The Morgan fingerprint density at radius 3 is 2.88 bits per heavy atom. The molecule has 17 heavy (non-hydrogen) atoms. The maximum Gasteiger partial charge on any atom is 0.0970 e. The van der Waals surface area contributed by atoms with Crippen LogP contribution in [-0.2, 0) is 18.4 Å². The summed E-state index contributed by atoms with van der Waals surface area (Å²) < 4.78 is 6.17. The molecule has 1 aromatic carbocycles. The van der Waals surface area contributed by atoms with Gasteiger partial charge >= 0.3 is 0 Å². The van der Waals surface area contributed by atoms with Crippen LogP contribution in [-0.4, -0.2) is 5.11 Å². The van der Waals surface area contributed by atoms with E-state index in [-0.39, 0.29) is 0 Å². The van der Waals surface area contributed by atoms with Crippen molar-refractivity contribution in [1.82, 2.24) is 0 Å². The molecule has 0 fully saturated rings. The third kappa shape index (κ3) is 1.94. The fraction of sp³-hybridized carbons (Fsp3) is 0.286. The highest BCUT2D eigenvalue weighted by atomic mass is 79.9. The van der Waals surface area contributed by atoms with Gasteiger partial charge in [0.25, 0.3) is 0 Å². The first-order chi connectivity index (χ1) is 8.17. The largest absolute Gasteiger partial charge is 0.472 e. The quantitative estimate of drug-likeness (QED) is 0.874. The summed E-state index contributed by atoms with van der Waals surface area (Å²) in [7, 11) is 0. The molecule has 3 heteroatoms. The molecule has 1 aromatic heterocycles. The van der Waals surface area contributed by atoms with Crippen LogP contribution >= 0.6 is 15.9 Å². The Balaban J connectivity index is 1.97. The van der Waals surface area contributed by atoms with E-state index in [1.54, 1.807) is 12.5 Å². The van der Waals surface area contributed by atoms with Crippen LogP contribution in [0.4, 0.5) is 0 Å². The van der Waals surface area contributed by atoms with Gasteiger partial charge in [-0.15, -0.1) is 0 Å². The van der Waals surface area contributed by atoms with E-state index in [0.717, 1.165) is 22.9 Å². The fourth-order valence-electron chi connectivity index (χ4n) is 2.52. The van der Waals surface area contributed by atoms with Crippen molar-refractivity contribution in [2.45, 2.75) is 24.9 Å². The van der Waals surface area contributed by atoms with Crippen molar-refractivity contribution in [3.8, 4) is 0 Å². The lowest BCUT2D eigenvalue weighted by molar-refractivity contribution is 0.0217. The Morgan fingerprint density at radius 1 is 1.24 bits per heavy atom. The second-order valence-corrected chi connectivity index (χ2v) is 5.55. The molecule has 1 N–H and O–H groups in total. The molecule has 0 spiro atoms. The molecular weight excluding hydrogens is 280 g/mol. The van der Waals surface area contributed by atoms with Gasteiger partial charge in [0.1, 0.15) is 0 Å². The predicted octanol–water partition coefficient (Wildman–Crippen LogP) is 3.42. The summed E-state index contributed by atoms with van der Waals surface area (Å²) in [6.45, 7) is 0. The van der Waals surface area contributed by atoms with Crippen molar-refractivity contribution in [3.63, 3.8) is 0 Å². The maximum atomic E-state index is 10.7. The van der Waals surface area contributed by atoms with Gasteiger partial charge in [0.2, 0.25) is 0 Å². The molecule has 0 bridgehead atoms. The zero-order valence-corrected chi connectivity index (χ0v) is 10.9. The van der Waals surface area contributed by atoms with Crippen LogP contribution in [0.2, 0.25) is 0 Å². The van der Waals surface area contributed by atoms with Crippen LogP contribution in [0.5, 0.6) is 0 Å². The first kappa shape index (κ1) is 11.1. The molecule has 3 rings (SSSR count). The number of halogens is 1. The number of fused-ring (bicyclic) bond motifs is 1. The first-order valence-corrected chi connectivity index (χ1v) is 6.49. The van der Waals surface area contributed by atoms with Crippen molar-refractivity contribution in [1.29, 1.82) is 0 Å². The zero-order chi connectivity index (χ0) is 11.9. The fourth-order valence-corrected chi connectivity index (χ4v) is 2.93. The maximum absolute atomic E-state index is 10.7. The lowest BCUT2D eigenvalue weighted by Crippen LogP contribution is -2.32. The standard InChI is InChI=1S/C14H13BrO2/c15-13-2-1-11-8-14(16,5-3-10(11)7-13)12-4-6-17-9-12/h1-2,4,6-7,9,16H,3,5,8H2. The van der Waals surface area contributed by atoms with E-state index in [9.17, 15) is 5.11 Å². The Kier molecular flexibility index (Phi) is 2.60. The van der Waals surface area contributed by atoms with Crippen molar-refractivity contribution in [2.24, 2.45) is 0 Å². The summed E-state index contributed by atoms with van der Waals surface area (Å²) in [4.78, 5) is 0. The average molecular weight is 293 g/mol. The van der Waals surface area contributed by atoms with Gasteiger partial charge in [-0.2, -0.15) is 0 Å². The van der Waals surface area contributed by atoms with Gasteiger partial charge in [-0.1, -0.05) is 22.0 Å². The van der Waals surface area contributed by atoms with Crippen LogP contribution in [0.25, 0.3) is 0 Å². The third-order valence-electron chi connectivity index (χ3n) is 3.52.